The van der Waals surface area contributed by atoms with Crippen LogP contribution in [-0.2, 0) is 9.47 Å². The maximum atomic E-state index is 13.5. The lowest BCUT2D eigenvalue weighted by molar-refractivity contribution is -0.205. The maximum absolute atomic E-state index is 13.5. The molecule has 0 amide bonds. The Labute approximate surface area is 166 Å². The SMILES string of the molecule is CCCCCC1COC(CCC2CCC(c3cc(F)c(F)c(F)c3)CC2)OC1. The first-order valence-corrected chi connectivity index (χ1v) is 10.9. The van der Waals surface area contributed by atoms with Crippen LogP contribution < -0.4 is 0 Å². The van der Waals surface area contributed by atoms with Crippen molar-refractivity contribution in [2.45, 2.75) is 83.3 Å². The van der Waals surface area contributed by atoms with E-state index in [0.29, 0.717) is 17.4 Å². The van der Waals surface area contributed by atoms with E-state index in [9.17, 15) is 13.2 Å². The molecule has 0 spiro atoms. The zero-order valence-corrected chi connectivity index (χ0v) is 16.9. The summed E-state index contributed by atoms with van der Waals surface area (Å²) in [6, 6.07) is 2.31. The number of hydrogen-bond donors (Lipinski definition) is 0. The molecular weight excluding hydrogens is 365 g/mol. The molecule has 2 nitrogen and oxygen atoms in total. The summed E-state index contributed by atoms with van der Waals surface area (Å²) in [4.78, 5) is 0. The van der Waals surface area contributed by atoms with Crippen molar-refractivity contribution in [3.63, 3.8) is 0 Å². The quantitative estimate of drug-likeness (QED) is 0.357. The zero-order valence-electron chi connectivity index (χ0n) is 16.9. The third-order valence-corrected chi connectivity index (χ3v) is 6.39. The normalized spacial score (nSPS) is 28.4. The Bertz CT molecular complexity index is 583. The van der Waals surface area contributed by atoms with Gasteiger partial charge in [0.25, 0.3) is 0 Å². The maximum Gasteiger partial charge on any atom is 0.194 e. The topological polar surface area (TPSA) is 18.5 Å². The van der Waals surface area contributed by atoms with Crippen LogP contribution in [0.1, 0.15) is 82.6 Å². The zero-order chi connectivity index (χ0) is 19.9. The Morgan fingerprint density at radius 3 is 2.07 bits per heavy atom. The van der Waals surface area contributed by atoms with Gasteiger partial charge in [-0.05, 0) is 74.5 Å². The molecule has 5 heteroatoms. The van der Waals surface area contributed by atoms with Crippen LogP contribution in [0.2, 0.25) is 0 Å². The van der Waals surface area contributed by atoms with Gasteiger partial charge in [-0.25, -0.2) is 13.2 Å². The average molecular weight is 399 g/mol. The molecule has 0 atom stereocenters. The van der Waals surface area contributed by atoms with Gasteiger partial charge >= 0.3 is 0 Å². The minimum absolute atomic E-state index is 0.0829. The van der Waals surface area contributed by atoms with Crippen LogP contribution in [0.5, 0.6) is 0 Å². The molecule has 1 saturated heterocycles. The molecule has 0 radical (unpaired) electrons. The van der Waals surface area contributed by atoms with E-state index in [4.69, 9.17) is 9.47 Å². The van der Waals surface area contributed by atoms with Crippen molar-refractivity contribution in [2.24, 2.45) is 11.8 Å². The molecule has 158 valence electrons. The van der Waals surface area contributed by atoms with Crippen molar-refractivity contribution < 1.29 is 22.6 Å². The minimum atomic E-state index is -1.38. The van der Waals surface area contributed by atoms with Crippen LogP contribution in [0, 0.1) is 29.3 Å². The molecule has 2 aliphatic rings. The van der Waals surface area contributed by atoms with Gasteiger partial charge in [-0.15, -0.1) is 0 Å². The number of halogens is 3. The number of hydrogen-bond acceptors (Lipinski definition) is 2. The van der Waals surface area contributed by atoms with E-state index < -0.39 is 17.5 Å². The Balaban J connectivity index is 1.35. The molecule has 3 rings (SSSR count). The standard InChI is InChI=1S/C23H33F3O2/c1-2-3-4-5-17-14-27-22(28-15-17)11-8-16-6-9-18(10-7-16)19-12-20(24)23(26)21(25)13-19/h12-13,16-18,22H,2-11,14-15H2,1H3. The van der Waals surface area contributed by atoms with Crippen molar-refractivity contribution >= 4 is 0 Å². The predicted octanol–water partition coefficient (Wildman–Crippen LogP) is 6.73. The predicted molar refractivity (Wildman–Crippen MR) is 104 cm³/mol. The Kier molecular flexibility index (Phi) is 8.22. The fraction of sp³-hybridized carbons (Fsp3) is 0.739. The molecule has 0 aromatic heterocycles. The second-order valence-corrected chi connectivity index (χ2v) is 8.55. The Hall–Kier alpha value is -1.07. The summed E-state index contributed by atoms with van der Waals surface area (Å²) in [5.41, 5.74) is 0.586. The molecule has 1 aliphatic carbocycles. The molecule has 28 heavy (non-hydrogen) atoms. The molecule has 0 bridgehead atoms. The van der Waals surface area contributed by atoms with Gasteiger partial charge in [-0.1, -0.05) is 26.2 Å². The summed E-state index contributed by atoms with van der Waals surface area (Å²) in [5.74, 6) is -2.30. The number of unbranched alkanes of at least 4 members (excludes halogenated alkanes) is 2. The largest absolute Gasteiger partial charge is 0.352 e. The highest BCUT2D eigenvalue weighted by atomic mass is 19.2. The summed E-state index contributed by atoms with van der Waals surface area (Å²) in [6.45, 7) is 3.83. The van der Waals surface area contributed by atoms with Crippen molar-refractivity contribution in [1.82, 2.24) is 0 Å². The molecule has 1 heterocycles. The molecule has 1 aliphatic heterocycles. The molecule has 1 aromatic carbocycles. The number of rotatable bonds is 8. The lowest BCUT2D eigenvalue weighted by Crippen LogP contribution is -2.32. The van der Waals surface area contributed by atoms with Gasteiger partial charge in [0.1, 0.15) is 0 Å². The van der Waals surface area contributed by atoms with Gasteiger partial charge in [0.2, 0.25) is 0 Å². The second kappa shape index (κ2) is 10.6. The third-order valence-electron chi connectivity index (χ3n) is 6.39. The fourth-order valence-electron chi connectivity index (χ4n) is 4.57. The smallest absolute Gasteiger partial charge is 0.194 e. The molecule has 0 unspecified atom stereocenters. The van der Waals surface area contributed by atoms with E-state index >= 15 is 0 Å². The van der Waals surface area contributed by atoms with Crippen LogP contribution in [0.15, 0.2) is 12.1 Å². The first-order valence-electron chi connectivity index (χ1n) is 10.9. The van der Waals surface area contributed by atoms with E-state index in [1.807, 2.05) is 0 Å². The minimum Gasteiger partial charge on any atom is -0.352 e. The summed E-state index contributed by atoms with van der Waals surface area (Å²) in [6.07, 6.45) is 10.7. The lowest BCUT2D eigenvalue weighted by Gasteiger charge is -2.32. The van der Waals surface area contributed by atoms with E-state index in [-0.39, 0.29) is 12.2 Å². The van der Waals surface area contributed by atoms with Crippen LogP contribution in [-0.4, -0.2) is 19.5 Å². The van der Waals surface area contributed by atoms with Gasteiger partial charge in [-0.3, -0.25) is 0 Å². The summed E-state index contributed by atoms with van der Waals surface area (Å²) >= 11 is 0. The van der Waals surface area contributed by atoms with E-state index in [0.717, 1.165) is 63.9 Å². The van der Waals surface area contributed by atoms with Gasteiger partial charge in [-0.2, -0.15) is 0 Å². The molecule has 2 fully saturated rings. The molecule has 1 aromatic rings. The number of ether oxygens (including phenoxy) is 2. The fourth-order valence-corrected chi connectivity index (χ4v) is 4.57. The van der Waals surface area contributed by atoms with Crippen molar-refractivity contribution in [3.8, 4) is 0 Å². The second-order valence-electron chi connectivity index (χ2n) is 8.55. The highest BCUT2D eigenvalue weighted by Gasteiger charge is 2.27. The summed E-state index contributed by atoms with van der Waals surface area (Å²) in [7, 11) is 0. The highest BCUT2D eigenvalue weighted by molar-refractivity contribution is 5.23. The number of benzene rings is 1. The Morgan fingerprint density at radius 2 is 1.46 bits per heavy atom. The van der Waals surface area contributed by atoms with Crippen molar-refractivity contribution in [3.05, 3.63) is 35.1 Å². The van der Waals surface area contributed by atoms with Gasteiger partial charge in [0, 0.05) is 5.92 Å². The molecule has 0 N–H and O–H groups in total. The van der Waals surface area contributed by atoms with E-state index in [1.165, 1.54) is 25.7 Å². The highest BCUT2D eigenvalue weighted by Crippen LogP contribution is 2.38. The van der Waals surface area contributed by atoms with Crippen LogP contribution in [0.25, 0.3) is 0 Å². The molecule has 1 saturated carbocycles. The first-order chi connectivity index (χ1) is 13.6. The van der Waals surface area contributed by atoms with Gasteiger partial charge in [0.05, 0.1) is 13.2 Å². The van der Waals surface area contributed by atoms with Crippen LogP contribution >= 0.6 is 0 Å². The van der Waals surface area contributed by atoms with Crippen molar-refractivity contribution in [2.75, 3.05) is 13.2 Å². The van der Waals surface area contributed by atoms with Crippen LogP contribution in [0.4, 0.5) is 13.2 Å². The van der Waals surface area contributed by atoms with E-state index in [2.05, 4.69) is 6.92 Å². The van der Waals surface area contributed by atoms with Crippen LogP contribution in [0.3, 0.4) is 0 Å². The average Bonchev–Trinajstić information content (AvgIpc) is 2.71. The van der Waals surface area contributed by atoms with E-state index in [1.54, 1.807) is 0 Å². The van der Waals surface area contributed by atoms with Gasteiger partial charge < -0.3 is 9.47 Å². The monoisotopic (exact) mass is 398 g/mol. The summed E-state index contributed by atoms with van der Waals surface area (Å²) in [5, 5.41) is 0. The third kappa shape index (κ3) is 5.96. The summed E-state index contributed by atoms with van der Waals surface area (Å²) < 4.78 is 51.9. The lowest BCUT2D eigenvalue weighted by atomic mass is 9.77. The molecular formula is C23H33F3O2. The Morgan fingerprint density at radius 1 is 0.821 bits per heavy atom. The van der Waals surface area contributed by atoms with Crippen molar-refractivity contribution in [1.29, 1.82) is 0 Å². The first kappa shape index (κ1) is 21.6. The van der Waals surface area contributed by atoms with Gasteiger partial charge in [0.15, 0.2) is 23.7 Å².